The topological polar surface area (TPSA) is 13.6 Å². The summed E-state index contributed by atoms with van der Waals surface area (Å²) >= 11 is 0. The highest BCUT2D eigenvalue weighted by molar-refractivity contribution is 5.46. The maximum absolute atomic E-state index is 13.6. The van der Waals surface area contributed by atoms with Crippen molar-refractivity contribution in [2.45, 2.75) is 18.8 Å². The molecule has 1 heterocycles. The number of ether oxygens (including phenoxy) is 1. The highest BCUT2D eigenvalue weighted by Crippen LogP contribution is 2.30. The van der Waals surface area contributed by atoms with Gasteiger partial charge in [-0.15, -0.1) is 0 Å². The van der Waals surface area contributed by atoms with E-state index in [0.717, 1.165) is 18.4 Å². The fourth-order valence-electron chi connectivity index (χ4n) is 1.93. The van der Waals surface area contributed by atoms with Gasteiger partial charge in [0.25, 0.3) is 0 Å². The molecule has 78 valence electrons. The van der Waals surface area contributed by atoms with Gasteiger partial charge >= 0.3 is 0 Å². The van der Waals surface area contributed by atoms with E-state index in [2.05, 4.69) is 4.85 Å². The molecule has 0 radical (unpaired) electrons. The summed E-state index contributed by atoms with van der Waals surface area (Å²) in [6.07, 6.45) is 1.74. The van der Waals surface area contributed by atoms with Gasteiger partial charge in [0.1, 0.15) is 5.82 Å². The Morgan fingerprint density at radius 2 is 2.07 bits per heavy atom. The molecular weight excluding hydrogens is 193 g/mol. The van der Waals surface area contributed by atoms with E-state index in [1.54, 1.807) is 12.1 Å². The van der Waals surface area contributed by atoms with E-state index >= 15 is 0 Å². The van der Waals surface area contributed by atoms with Gasteiger partial charge in [0, 0.05) is 13.2 Å². The second-order valence-corrected chi connectivity index (χ2v) is 3.70. The van der Waals surface area contributed by atoms with Gasteiger partial charge in [0.05, 0.1) is 6.57 Å². The van der Waals surface area contributed by atoms with Crippen molar-refractivity contribution in [2.75, 3.05) is 13.2 Å². The first-order chi connectivity index (χ1) is 7.31. The van der Waals surface area contributed by atoms with Crippen LogP contribution in [0.4, 0.5) is 10.1 Å². The van der Waals surface area contributed by atoms with Crippen LogP contribution in [0.25, 0.3) is 4.85 Å². The summed E-state index contributed by atoms with van der Waals surface area (Å²) in [6.45, 7) is 8.20. The van der Waals surface area contributed by atoms with Gasteiger partial charge in [-0.1, -0.05) is 12.1 Å². The van der Waals surface area contributed by atoms with Crippen LogP contribution in [0.3, 0.4) is 0 Å². The van der Waals surface area contributed by atoms with E-state index in [9.17, 15) is 4.39 Å². The summed E-state index contributed by atoms with van der Waals surface area (Å²) in [5, 5.41) is 0. The Bertz CT molecular complexity index is 391. The molecule has 0 bridgehead atoms. The number of hydrogen-bond donors (Lipinski definition) is 0. The molecular formula is C12H12FNO. The lowest BCUT2D eigenvalue weighted by Gasteiger charge is -2.22. The highest BCUT2D eigenvalue weighted by Gasteiger charge is 2.18. The predicted molar refractivity (Wildman–Crippen MR) is 55.5 cm³/mol. The second-order valence-electron chi connectivity index (χ2n) is 3.70. The molecule has 15 heavy (non-hydrogen) atoms. The molecule has 2 nitrogen and oxygen atoms in total. The van der Waals surface area contributed by atoms with Gasteiger partial charge in [0.15, 0.2) is 5.69 Å². The summed E-state index contributed by atoms with van der Waals surface area (Å²) in [7, 11) is 0. The lowest BCUT2D eigenvalue weighted by molar-refractivity contribution is 0.0846. The molecule has 0 aliphatic carbocycles. The second kappa shape index (κ2) is 4.41. The first kappa shape index (κ1) is 10.1. The Labute approximate surface area is 88.5 Å². The zero-order valence-corrected chi connectivity index (χ0v) is 8.37. The lowest BCUT2D eigenvalue weighted by Crippen LogP contribution is -2.15. The van der Waals surface area contributed by atoms with Crippen molar-refractivity contribution in [1.29, 1.82) is 0 Å². The van der Waals surface area contributed by atoms with E-state index in [1.165, 1.54) is 6.07 Å². The monoisotopic (exact) mass is 205 g/mol. The van der Waals surface area contributed by atoms with E-state index in [1.807, 2.05) is 0 Å². The molecule has 0 unspecified atom stereocenters. The average Bonchev–Trinajstić information content (AvgIpc) is 2.30. The normalized spacial score (nSPS) is 17.3. The molecule has 1 aliphatic heterocycles. The maximum atomic E-state index is 13.6. The quantitative estimate of drug-likeness (QED) is 0.641. The van der Waals surface area contributed by atoms with Crippen molar-refractivity contribution in [2.24, 2.45) is 0 Å². The van der Waals surface area contributed by atoms with Crippen molar-refractivity contribution in [3.63, 3.8) is 0 Å². The van der Waals surface area contributed by atoms with Gasteiger partial charge in [0.2, 0.25) is 0 Å². The largest absolute Gasteiger partial charge is 0.381 e. The van der Waals surface area contributed by atoms with Crippen LogP contribution in [-0.4, -0.2) is 13.2 Å². The third-order valence-electron chi connectivity index (χ3n) is 2.77. The molecule has 1 saturated heterocycles. The van der Waals surface area contributed by atoms with Crippen LogP contribution < -0.4 is 0 Å². The molecule has 1 aromatic rings. The minimum atomic E-state index is -0.254. The Morgan fingerprint density at radius 1 is 1.33 bits per heavy atom. The number of rotatable bonds is 1. The van der Waals surface area contributed by atoms with Gasteiger partial charge in [-0.2, -0.15) is 0 Å². The van der Waals surface area contributed by atoms with E-state index in [-0.39, 0.29) is 11.7 Å². The van der Waals surface area contributed by atoms with Crippen LogP contribution >= 0.6 is 0 Å². The number of hydrogen-bond acceptors (Lipinski definition) is 1. The molecule has 0 spiro atoms. The fourth-order valence-corrected chi connectivity index (χ4v) is 1.93. The van der Waals surface area contributed by atoms with Crippen LogP contribution in [0.1, 0.15) is 24.3 Å². The van der Waals surface area contributed by atoms with Crippen molar-refractivity contribution in [3.8, 4) is 0 Å². The predicted octanol–water partition coefficient (Wildman–Crippen LogP) is 3.27. The smallest absolute Gasteiger partial charge is 0.190 e. The average molecular weight is 205 g/mol. The van der Waals surface area contributed by atoms with E-state index in [4.69, 9.17) is 11.3 Å². The standard InChI is InChI=1S/C12H12FNO/c1-14-10-2-3-11(12(13)8-10)9-4-6-15-7-5-9/h2-3,8-9H,4-7H2. The van der Waals surface area contributed by atoms with E-state index < -0.39 is 0 Å². The molecule has 0 atom stereocenters. The third-order valence-corrected chi connectivity index (χ3v) is 2.77. The van der Waals surface area contributed by atoms with Gasteiger partial charge < -0.3 is 4.74 Å². The van der Waals surface area contributed by atoms with Crippen molar-refractivity contribution in [1.82, 2.24) is 0 Å². The van der Waals surface area contributed by atoms with Gasteiger partial charge in [-0.25, -0.2) is 9.24 Å². The zero-order chi connectivity index (χ0) is 10.7. The summed E-state index contributed by atoms with van der Waals surface area (Å²) in [4.78, 5) is 3.20. The van der Waals surface area contributed by atoms with Crippen molar-refractivity contribution < 1.29 is 9.13 Å². The molecule has 0 N–H and O–H groups in total. The Morgan fingerprint density at radius 3 is 2.67 bits per heavy atom. The summed E-state index contributed by atoms with van der Waals surface area (Å²) in [6, 6.07) is 4.73. The summed E-state index contributed by atoms with van der Waals surface area (Å²) in [5.41, 5.74) is 1.09. The Hall–Kier alpha value is -1.40. The van der Waals surface area contributed by atoms with Crippen LogP contribution in [0, 0.1) is 12.4 Å². The molecule has 0 amide bonds. The van der Waals surface area contributed by atoms with Crippen LogP contribution in [0.15, 0.2) is 18.2 Å². The maximum Gasteiger partial charge on any atom is 0.190 e. The van der Waals surface area contributed by atoms with Crippen LogP contribution in [-0.2, 0) is 4.74 Å². The van der Waals surface area contributed by atoms with Crippen molar-refractivity contribution in [3.05, 3.63) is 41.0 Å². The zero-order valence-electron chi connectivity index (χ0n) is 8.37. The minimum absolute atomic E-state index is 0.249. The summed E-state index contributed by atoms with van der Waals surface area (Å²) in [5.74, 6) is -0.00562. The first-order valence-corrected chi connectivity index (χ1v) is 5.06. The molecule has 1 aromatic carbocycles. The highest BCUT2D eigenvalue weighted by atomic mass is 19.1. The van der Waals surface area contributed by atoms with E-state index in [0.29, 0.717) is 18.9 Å². The SMILES string of the molecule is [C-]#[N+]c1ccc(C2CCOCC2)c(F)c1. The Kier molecular flexibility index (Phi) is 2.98. The number of benzene rings is 1. The van der Waals surface area contributed by atoms with Crippen molar-refractivity contribution >= 4 is 5.69 Å². The lowest BCUT2D eigenvalue weighted by atomic mass is 9.91. The molecule has 0 saturated carbocycles. The van der Waals surface area contributed by atoms with Gasteiger partial charge in [-0.3, -0.25) is 0 Å². The Balaban J connectivity index is 2.24. The molecule has 3 heteroatoms. The van der Waals surface area contributed by atoms with Crippen LogP contribution in [0.5, 0.6) is 0 Å². The van der Waals surface area contributed by atoms with Gasteiger partial charge in [-0.05, 0) is 30.4 Å². The summed E-state index contributed by atoms with van der Waals surface area (Å²) < 4.78 is 18.9. The third kappa shape index (κ3) is 2.16. The minimum Gasteiger partial charge on any atom is -0.381 e. The molecule has 1 fully saturated rings. The number of nitrogens with zero attached hydrogens (tertiary/aromatic N) is 1. The first-order valence-electron chi connectivity index (χ1n) is 5.06. The fraction of sp³-hybridized carbons (Fsp3) is 0.417. The number of halogens is 1. The molecule has 0 aromatic heterocycles. The molecule has 2 rings (SSSR count). The van der Waals surface area contributed by atoms with Crippen LogP contribution in [0.2, 0.25) is 0 Å². The molecule has 1 aliphatic rings.